The highest BCUT2D eigenvalue weighted by Crippen LogP contribution is 2.32. The lowest BCUT2D eigenvalue weighted by Gasteiger charge is -2.26. The lowest BCUT2D eigenvalue weighted by Crippen LogP contribution is -2.19. The SMILES string of the molecule is C=CC1(C)C=C(C)C(=O)CC1. The van der Waals surface area contributed by atoms with Crippen LogP contribution in [0, 0.1) is 5.41 Å². The van der Waals surface area contributed by atoms with Gasteiger partial charge in [-0.25, -0.2) is 0 Å². The van der Waals surface area contributed by atoms with E-state index in [0.717, 1.165) is 12.0 Å². The van der Waals surface area contributed by atoms with Crippen LogP contribution in [0.25, 0.3) is 0 Å². The van der Waals surface area contributed by atoms with Gasteiger partial charge >= 0.3 is 0 Å². The molecule has 0 spiro atoms. The molecule has 0 aromatic heterocycles. The summed E-state index contributed by atoms with van der Waals surface area (Å²) in [5.41, 5.74) is 0.941. The van der Waals surface area contributed by atoms with Gasteiger partial charge in [0.15, 0.2) is 5.78 Å². The van der Waals surface area contributed by atoms with Gasteiger partial charge < -0.3 is 0 Å². The number of rotatable bonds is 1. The number of carbonyl (C=O) groups is 1. The highest BCUT2D eigenvalue weighted by atomic mass is 16.1. The van der Waals surface area contributed by atoms with Crippen LogP contribution < -0.4 is 0 Å². The Morgan fingerprint density at radius 2 is 2.36 bits per heavy atom. The Bertz CT molecular complexity index is 225. The first-order valence-corrected chi connectivity index (χ1v) is 3.94. The summed E-state index contributed by atoms with van der Waals surface area (Å²) in [6, 6.07) is 0. The van der Waals surface area contributed by atoms with E-state index < -0.39 is 0 Å². The summed E-state index contributed by atoms with van der Waals surface area (Å²) in [6.45, 7) is 7.75. The Hall–Kier alpha value is -0.850. The molecule has 0 bridgehead atoms. The number of ketones is 1. The molecule has 0 aromatic carbocycles. The highest BCUT2D eigenvalue weighted by Gasteiger charge is 2.24. The first kappa shape index (κ1) is 8.25. The number of Topliss-reactive ketones (excluding diaryl/α,β-unsaturated/α-hetero) is 1. The average Bonchev–Trinajstić information content (AvgIpc) is 1.98. The van der Waals surface area contributed by atoms with Gasteiger partial charge in [-0.2, -0.15) is 0 Å². The fourth-order valence-electron chi connectivity index (χ4n) is 1.39. The molecule has 1 atom stereocenters. The van der Waals surface area contributed by atoms with Crippen molar-refractivity contribution in [1.82, 2.24) is 0 Å². The zero-order valence-electron chi connectivity index (χ0n) is 7.18. The van der Waals surface area contributed by atoms with Crippen molar-refractivity contribution in [3.8, 4) is 0 Å². The largest absolute Gasteiger partial charge is 0.295 e. The van der Waals surface area contributed by atoms with Gasteiger partial charge in [-0.1, -0.05) is 19.1 Å². The molecular formula is C10H14O. The van der Waals surface area contributed by atoms with Crippen LogP contribution in [0.2, 0.25) is 0 Å². The monoisotopic (exact) mass is 150 g/mol. The molecule has 60 valence electrons. The maximum atomic E-state index is 11.1. The highest BCUT2D eigenvalue weighted by molar-refractivity contribution is 5.95. The number of hydrogen-bond acceptors (Lipinski definition) is 1. The maximum absolute atomic E-state index is 11.1. The summed E-state index contributed by atoms with van der Waals surface area (Å²) in [7, 11) is 0. The number of carbonyl (C=O) groups excluding carboxylic acids is 1. The van der Waals surface area contributed by atoms with Crippen molar-refractivity contribution < 1.29 is 4.79 Å². The van der Waals surface area contributed by atoms with E-state index in [1.165, 1.54) is 0 Å². The second-order valence-corrected chi connectivity index (χ2v) is 3.46. The summed E-state index contributed by atoms with van der Waals surface area (Å²) < 4.78 is 0. The fraction of sp³-hybridized carbons (Fsp3) is 0.500. The average molecular weight is 150 g/mol. The standard InChI is InChI=1S/C10H14O/c1-4-10(3)6-5-9(11)8(2)7-10/h4,7H,1,5-6H2,2-3H3. The Labute approximate surface area is 67.8 Å². The molecule has 0 radical (unpaired) electrons. The van der Waals surface area contributed by atoms with Crippen LogP contribution in [0.1, 0.15) is 26.7 Å². The Morgan fingerprint density at radius 1 is 1.73 bits per heavy atom. The van der Waals surface area contributed by atoms with E-state index in [1.807, 2.05) is 19.1 Å². The second-order valence-electron chi connectivity index (χ2n) is 3.46. The Morgan fingerprint density at radius 3 is 2.82 bits per heavy atom. The van der Waals surface area contributed by atoms with Crippen LogP contribution in [0.4, 0.5) is 0 Å². The van der Waals surface area contributed by atoms with E-state index in [2.05, 4.69) is 13.5 Å². The Kier molecular flexibility index (Phi) is 1.99. The van der Waals surface area contributed by atoms with E-state index >= 15 is 0 Å². The summed E-state index contributed by atoms with van der Waals surface area (Å²) >= 11 is 0. The van der Waals surface area contributed by atoms with Crippen LogP contribution >= 0.6 is 0 Å². The molecule has 0 saturated carbocycles. The molecule has 1 heteroatoms. The van der Waals surface area contributed by atoms with Gasteiger partial charge in [0.2, 0.25) is 0 Å². The summed E-state index contributed by atoms with van der Waals surface area (Å²) in [5.74, 6) is 0.282. The zero-order chi connectivity index (χ0) is 8.48. The van der Waals surface area contributed by atoms with Crippen molar-refractivity contribution >= 4 is 5.78 Å². The molecule has 0 fully saturated rings. The van der Waals surface area contributed by atoms with Crippen LogP contribution in [0.15, 0.2) is 24.3 Å². The Balaban J connectivity index is 2.93. The smallest absolute Gasteiger partial charge is 0.158 e. The fourth-order valence-corrected chi connectivity index (χ4v) is 1.39. The first-order valence-electron chi connectivity index (χ1n) is 3.94. The topological polar surface area (TPSA) is 17.1 Å². The third kappa shape index (κ3) is 1.59. The van der Waals surface area contributed by atoms with Gasteiger partial charge in [-0.15, -0.1) is 6.58 Å². The minimum atomic E-state index is 0.0536. The second kappa shape index (κ2) is 2.65. The van der Waals surface area contributed by atoms with Crippen molar-refractivity contribution in [2.45, 2.75) is 26.7 Å². The van der Waals surface area contributed by atoms with Crippen molar-refractivity contribution in [2.24, 2.45) is 5.41 Å². The third-order valence-electron chi connectivity index (χ3n) is 2.34. The van der Waals surface area contributed by atoms with Crippen LogP contribution in [-0.2, 0) is 4.79 Å². The number of hydrogen-bond donors (Lipinski definition) is 0. The van der Waals surface area contributed by atoms with Crippen molar-refractivity contribution in [3.05, 3.63) is 24.3 Å². The van der Waals surface area contributed by atoms with Gasteiger partial charge in [0.05, 0.1) is 0 Å². The lowest BCUT2D eigenvalue weighted by atomic mass is 9.78. The molecule has 0 aromatic rings. The van der Waals surface area contributed by atoms with E-state index in [-0.39, 0.29) is 11.2 Å². The molecule has 11 heavy (non-hydrogen) atoms. The molecule has 1 aliphatic carbocycles. The maximum Gasteiger partial charge on any atom is 0.158 e. The van der Waals surface area contributed by atoms with E-state index in [9.17, 15) is 4.79 Å². The third-order valence-corrected chi connectivity index (χ3v) is 2.34. The molecule has 0 aliphatic heterocycles. The summed E-state index contributed by atoms with van der Waals surface area (Å²) in [6.07, 6.45) is 5.52. The summed E-state index contributed by atoms with van der Waals surface area (Å²) in [5, 5.41) is 0. The molecule has 1 unspecified atom stereocenters. The summed E-state index contributed by atoms with van der Waals surface area (Å²) in [4.78, 5) is 11.1. The molecule has 1 nitrogen and oxygen atoms in total. The van der Waals surface area contributed by atoms with Crippen LogP contribution in [-0.4, -0.2) is 5.78 Å². The van der Waals surface area contributed by atoms with Gasteiger partial charge in [0.1, 0.15) is 0 Å². The molecule has 1 aliphatic rings. The van der Waals surface area contributed by atoms with Crippen molar-refractivity contribution in [1.29, 1.82) is 0 Å². The molecular weight excluding hydrogens is 136 g/mol. The molecule has 0 heterocycles. The quantitative estimate of drug-likeness (QED) is 0.525. The normalized spacial score (nSPS) is 31.5. The minimum Gasteiger partial charge on any atom is -0.295 e. The van der Waals surface area contributed by atoms with Crippen LogP contribution in [0.3, 0.4) is 0 Å². The number of allylic oxidation sites excluding steroid dienone is 3. The van der Waals surface area contributed by atoms with Crippen molar-refractivity contribution in [2.75, 3.05) is 0 Å². The van der Waals surface area contributed by atoms with E-state index in [0.29, 0.717) is 6.42 Å². The van der Waals surface area contributed by atoms with Gasteiger partial charge in [-0.3, -0.25) is 4.79 Å². The molecule has 0 saturated heterocycles. The van der Waals surface area contributed by atoms with Crippen LogP contribution in [0.5, 0.6) is 0 Å². The lowest BCUT2D eigenvalue weighted by molar-refractivity contribution is -0.116. The molecule has 0 N–H and O–H groups in total. The van der Waals surface area contributed by atoms with E-state index in [4.69, 9.17) is 0 Å². The van der Waals surface area contributed by atoms with Crippen molar-refractivity contribution in [3.63, 3.8) is 0 Å². The molecule has 0 amide bonds. The first-order chi connectivity index (χ1) is 5.07. The van der Waals surface area contributed by atoms with E-state index in [1.54, 1.807) is 0 Å². The zero-order valence-corrected chi connectivity index (χ0v) is 7.18. The van der Waals surface area contributed by atoms with Gasteiger partial charge in [0, 0.05) is 11.8 Å². The van der Waals surface area contributed by atoms with Gasteiger partial charge in [-0.05, 0) is 18.9 Å². The molecule has 1 rings (SSSR count). The predicted octanol–water partition coefficient (Wildman–Crippen LogP) is 2.49. The van der Waals surface area contributed by atoms with Gasteiger partial charge in [0.25, 0.3) is 0 Å². The predicted molar refractivity (Wildman–Crippen MR) is 46.3 cm³/mol. The minimum absolute atomic E-state index is 0.0536.